The molecule has 0 saturated heterocycles. The summed E-state index contributed by atoms with van der Waals surface area (Å²) in [5.41, 5.74) is 1.93. The van der Waals surface area contributed by atoms with Crippen LogP contribution in [0, 0.1) is 12.3 Å². The molecule has 1 aromatic rings. The molecule has 1 aromatic heterocycles. The Bertz CT molecular complexity index is 370. The first-order chi connectivity index (χ1) is 6.96. The molecular formula is C12H18BrNS. The minimum absolute atomic E-state index is 0.389. The Hall–Kier alpha value is 0.140. The van der Waals surface area contributed by atoms with Gasteiger partial charge in [-0.2, -0.15) is 0 Å². The topological polar surface area (TPSA) is 12.0 Å². The first-order valence-electron chi connectivity index (χ1n) is 5.40. The highest BCUT2D eigenvalue weighted by Gasteiger charge is 2.48. The van der Waals surface area contributed by atoms with Crippen LogP contribution in [0.4, 0.5) is 0 Å². The third-order valence-electron chi connectivity index (χ3n) is 3.92. The maximum absolute atomic E-state index is 3.58. The zero-order valence-electron chi connectivity index (χ0n) is 9.73. The molecule has 2 unspecified atom stereocenters. The van der Waals surface area contributed by atoms with E-state index in [0.29, 0.717) is 11.5 Å². The van der Waals surface area contributed by atoms with Crippen molar-refractivity contribution in [2.24, 2.45) is 5.41 Å². The minimum Gasteiger partial charge on any atom is -0.316 e. The molecule has 0 spiro atoms. The fourth-order valence-corrected chi connectivity index (χ4v) is 4.52. The predicted molar refractivity (Wildman–Crippen MR) is 70.7 cm³/mol. The van der Waals surface area contributed by atoms with Gasteiger partial charge < -0.3 is 5.32 Å². The van der Waals surface area contributed by atoms with E-state index < -0.39 is 0 Å². The van der Waals surface area contributed by atoms with Crippen LogP contribution in [0.5, 0.6) is 0 Å². The quantitative estimate of drug-likeness (QED) is 0.869. The molecule has 84 valence electrons. The molecule has 1 saturated carbocycles. The summed E-state index contributed by atoms with van der Waals surface area (Å²) in [7, 11) is 2.07. The van der Waals surface area contributed by atoms with Gasteiger partial charge in [0.25, 0.3) is 0 Å². The van der Waals surface area contributed by atoms with Gasteiger partial charge in [-0.3, -0.25) is 0 Å². The standard InChI is InChI=1S/C12H18BrNS/c1-7-8(5-11(13)15-7)9-6-10(14-4)12(9,2)3/h5,9-10,14H,6H2,1-4H3. The highest BCUT2D eigenvalue weighted by atomic mass is 79.9. The van der Waals surface area contributed by atoms with Crippen LogP contribution < -0.4 is 5.32 Å². The second-order valence-corrected chi connectivity index (χ2v) is 7.65. The van der Waals surface area contributed by atoms with Crippen LogP contribution in [0.2, 0.25) is 0 Å². The van der Waals surface area contributed by atoms with Gasteiger partial charge in [0.15, 0.2) is 0 Å². The van der Waals surface area contributed by atoms with Crippen LogP contribution in [-0.2, 0) is 0 Å². The Kier molecular flexibility index (Phi) is 2.99. The molecule has 1 fully saturated rings. The van der Waals surface area contributed by atoms with Crippen LogP contribution in [0.1, 0.15) is 36.6 Å². The number of aryl methyl sites for hydroxylation is 1. The van der Waals surface area contributed by atoms with E-state index in [1.807, 2.05) is 11.3 Å². The highest BCUT2D eigenvalue weighted by molar-refractivity contribution is 9.11. The molecule has 0 bridgehead atoms. The van der Waals surface area contributed by atoms with Crippen molar-refractivity contribution < 1.29 is 0 Å². The number of thiophene rings is 1. The van der Waals surface area contributed by atoms with Gasteiger partial charge in [0.1, 0.15) is 0 Å². The number of hydrogen-bond donors (Lipinski definition) is 1. The summed E-state index contributed by atoms with van der Waals surface area (Å²) in [5, 5.41) is 3.41. The van der Waals surface area contributed by atoms with Crippen LogP contribution in [0.3, 0.4) is 0 Å². The smallest absolute Gasteiger partial charge is 0.0704 e. The lowest BCUT2D eigenvalue weighted by molar-refractivity contribution is 0.0750. The molecule has 2 rings (SSSR count). The summed E-state index contributed by atoms with van der Waals surface area (Å²) in [5.74, 6) is 0.720. The summed E-state index contributed by atoms with van der Waals surface area (Å²) in [6, 6.07) is 2.97. The van der Waals surface area contributed by atoms with Crippen molar-refractivity contribution in [1.29, 1.82) is 0 Å². The largest absolute Gasteiger partial charge is 0.316 e. The lowest BCUT2D eigenvalue weighted by Gasteiger charge is -2.52. The van der Waals surface area contributed by atoms with E-state index in [1.54, 1.807) is 5.56 Å². The maximum Gasteiger partial charge on any atom is 0.0704 e. The number of hydrogen-bond acceptors (Lipinski definition) is 2. The zero-order chi connectivity index (χ0) is 11.2. The number of rotatable bonds is 2. The summed E-state index contributed by atoms with van der Waals surface area (Å²) in [6.07, 6.45) is 1.27. The van der Waals surface area contributed by atoms with E-state index in [0.717, 1.165) is 5.92 Å². The molecule has 0 amide bonds. The van der Waals surface area contributed by atoms with Crippen LogP contribution in [0.25, 0.3) is 0 Å². The van der Waals surface area contributed by atoms with Gasteiger partial charge in [0, 0.05) is 10.9 Å². The van der Waals surface area contributed by atoms with Crippen LogP contribution in [0.15, 0.2) is 9.85 Å². The van der Waals surface area contributed by atoms with Crippen molar-refractivity contribution in [3.63, 3.8) is 0 Å². The molecule has 2 atom stereocenters. The van der Waals surface area contributed by atoms with E-state index in [4.69, 9.17) is 0 Å². The molecule has 1 aliphatic rings. The van der Waals surface area contributed by atoms with Gasteiger partial charge in [-0.1, -0.05) is 13.8 Å². The predicted octanol–water partition coefficient (Wildman–Crippen LogP) is 3.92. The molecule has 0 aliphatic heterocycles. The fourth-order valence-electron chi connectivity index (χ4n) is 2.75. The maximum atomic E-state index is 3.58. The molecule has 1 N–H and O–H groups in total. The van der Waals surface area contributed by atoms with Gasteiger partial charge in [-0.05, 0) is 59.3 Å². The first-order valence-corrected chi connectivity index (χ1v) is 7.01. The summed E-state index contributed by atoms with van der Waals surface area (Å²) < 4.78 is 1.26. The van der Waals surface area contributed by atoms with Crippen LogP contribution in [-0.4, -0.2) is 13.1 Å². The molecule has 3 heteroatoms. The molecule has 1 aliphatic carbocycles. The fraction of sp³-hybridized carbons (Fsp3) is 0.667. The lowest BCUT2D eigenvalue weighted by Crippen LogP contribution is -2.54. The SMILES string of the molecule is CNC1CC(c2cc(Br)sc2C)C1(C)C. The Balaban J connectivity index is 2.24. The lowest BCUT2D eigenvalue weighted by atomic mass is 9.56. The molecule has 0 radical (unpaired) electrons. The van der Waals surface area contributed by atoms with Gasteiger partial charge in [-0.25, -0.2) is 0 Å². The van der Waals surface area contributed by atoms with Crippen molar-refractivity contribution in [2.75, 3.05) is 7.05 Å². The van der Waals surface area contributed by atoms with Crippen molar-refractivity contribution >= 4 is 27.3 Å². The molecule has 15 heavy (non-hydrogen) atoms. The van der Waals surface area contributed by atoms with Crippen molar-refractivity contribution in [3.8, 4) is 0 Å². The normalized spacial score (nSPS) is 28.9. The first kappa shape index (κ1) is 11.6. The van der Waals surface area contributed by atoms with Crippen molar-refractivity contribution in [1.82, 2.24) is 5.32 Å². The van der Waals surface area contributed by atoms with E-state index in [1.165, 1.54) is 15.1 Å². The second-order valence-electron chi connectivity index (χ2n) is 5.01. The summed E-state index contributed by atoms with van der Waals surface area (Å²) >= 11 is 5.43. The van der Waals surface area contributed by atoms with E-state index in [9.17, 15) is 0 Å². The van der Waals surface area contributed by atoms with E-state index in [2.05, 4.69) is 55.1 Å². The van der Waals surface area contributed by atoms with Gasteiger partial charge in [-0.15, -0.1) is 11.3 Å². The second kappa shape index (κ2) is 3.86. The Morgan fingerprint density at radius 1 is 1.53 bits per heavy atom. The zero-order valence-corrected chi connectivity index (χ0v) is 12.1. The third-order valence-corrected chi connectivity index (χ3v) is 5.49. The Morgan fingerprint density at radius 2 is 2.20 bits per heavy atom. The number of nitrogens with one attached hydrogen (secondary N) is 1. The molecule has 0 aromatic carbocycles. The summed E-state index contributed by atoms with van der Waals surface area (Å²) in [6.45, 7) is 6.97. The van der Waals surface area contributed by atoms with Gasteiger partial charge in [0.05, 0.1) is 3.79 Å². The van der Waals surface area contributed by atoms with Crippen LogP contribution >= 0.6 is 27.3 Å². The Morgan fingerprint density at radius 3 is 2.60 bits per heavy atom. The van der Waals surface area contributed by atoms with E-state index in [-0.39, 0.29) is 0 Å². The molecule has 1 heterocycles. The van der Waals surface area contributed by atoms with Gasteiger partial charge >= 0.3 is 0 Å². The number of halogens is 1. The molecular weight excluding hydrogens is 270 g/mol. The monoisotopic (exact) mass is 287 g/mol. The third kappa shape index (κ3) is 1.79. The minimum atomic E-state index is 0.389. The van der Waals surface area contributed by atoms with E-state index >= 15 is 0 Å². The average Bonchev–Trinajstić information content (AvgIpc) is 2.45. The Labute approximate surface area is 104 Å². The molecule has 1 nitrogen and oxygen atoms in total. The average molecular weight is 288 g/mol. The van der Waals surface area contributed by atoms with Crippen molar-refractivity contribution in [3.05, 3.63) is 20.3 Å². The van der Waals surface area contributed by atoms with Crippen molar-refractivity contribution in [2.45, 2.75) is 39.2 Å². The van der Waals surface area contributed by atoms with Gasteiger partial charge in [0.2, 0.25) is 0 Å². The highest BCUT2D eigenvalue weighted by Crippen LogP contribution is 2.54. The summed E-state index contributed by atoms with van der Waals surface area (Å²) in [4.78, 5) is 1.47.